The molecule has 0 radical (unpaired) electrons. The number of benzene rings is 1. The zero-order valence-corrected chi connectivity index (χ0v) is 16.7. The second-order valence-electron chi connectivity index (χ2n) is 7.22. The summed E-state index contributed by atoms with van der Waals surface area (Å²) in [5.41, 5.74) is 4.27. The van der Waals surface area contributed by atoms with Gasteiger partial charge in [0.1, 0.15) is 0 Å². The van der Waals surface area contributed by atoms with Crippen molar-refractivity contribution in [3.8, 4) is 0 Å². The molecule has 27 heavy (non-hydrogen) atoms. The first-order valence-electron chi connectivity index (χ1n) is 8.94. The van der Waals surface area contributed by atoms with Crippen molar-refractivity contribution in [1.29, 1.82) is 0 Å². The third kappa shape index (κ3) is 4.54. The van der Waals surface area contributed by atoms with Gasteiger partial charge in [-0.15, -0.1) is 0 Å². The molecule has 3 rings (SSSR count). The number of aromatic nitrogens is 1. The zero-order chi connectivity index (χ0) is 19.6. The fraction of sp³-hybridized carbons (Fsp3) is 0.400. The molecule has 0 aliphatic carbocycles. The molecule has 1 aliphatic rings. The Bertz CT molecular complexity index is 929. The largest absolute Gasteiger partial charge is 0.352 e. The molecule has 1 aromatic heterocycles. The summed E-state index contributed by atoms with van der Waals surface area (Å²) < 4.78 is 25.4. The predicted octanol–water partition coefficient (Wildman–Crippen LogP) is 1.99. The predicted molar refractivity (Wildman–Crippen MR) is 105 cm³/mol. The fourth-order valence-corrected chi connectivity index (χ4v) is 4.42. The molecule has 0 spiro atoms. The minimum atomic E-state index is -3.35. The lowest BCUT2D eigenvalue weighted by atomic mass is 9.89. The lowest BCUT2D eigenvalue weighted by Crippen LogP contribution is -2.35. The average molecular weight is 388 g/mol. The van der Waals surface area contributed by atoms with E-state index >= 15 is 0 Å². The highest BCUT2D eigenvalue weighted by Crippen LogP contribution is 2.34. The summed E-state index contributed by atoms with van der Waals surface area (Å²) in [5.74, 6) is -0.725. The molecule has 1 N–H and O–H groups in total. The number of hydrogen-bond donors (Lipinski definition) is 1. The summed E-state index contributed by atoms with van der Waals surface area (Å²) in [6.45, 7) is 4.98. The van der Waals surface area contributed by atoms with E-state index in [1.807, 2.05) is 38.1 Å². The van der Waals surface area contributed by atoms with E-state index in [9.17, 15) is 13.2 Å². The van der Waals surface area contributed by atoms with Crippen molar-refractivity contribution in [2.75, 3.05) is 19.3 Å². The van der Waals surface area contributed by atoms with Gasteiger partial charge in [0, 0.05) is 37.9 Å². The highest BCUT2D eigenvalue weighted by molar-refractivity contribution is 7.88. The third-order valence-electron chi connectivity index (χ3n) is 5.18. The van der Waals surface area contributed by atoms with Gasteiger partial charge in [0.2, 0.25) is 15.9 Å². The Balaban J connectivity index is 1.78. The van der Waals surface area contributed by atoms with Crippen LogP contribution in [0.25, 0.3) is 0 Å². The maximum absolute atomic E-state index is 12.9. The van der Waals surface area contributed by atoms with E-state index in [0.717, 1.165) is 22.3 Å². The van der Waals surface area contributed by atoms with Crippen molar-refractivity contribution in [3.05, 3.63) is 65.0 Å². The van der Waals surface area contributed by atoms with Crippen LogP contribution in [0.1, 0.15) is 28.2 Å². The van der Waals surface area contributed by atoms with Crippen LogP contribution in [0.4, 0.5) is 0 Å². The van der Waals surface area contributed by atoms with Crippen molar-refractivity contribution in [3.63, 3.8) is 0 Å². The zero-order valence-electron chi connectivity index (χ0n) is 15.8. The normalized spacial score (nSPS) is 20.6. The van der Waals surface area contributed by atoms with Gasteiger partial charge in [0.05, 0.1) is 12.2 Å². The Morgan fingerprint density at radius 2 is 1.89 bits per heavy atom. The molecule has 1 aromatic carbocycles. The van der Waals surface area contributed by atoms with Crippen LogP contribution in [0.2, 0.25) is 0 Å². The fourth-order valence-electron chi connectivity index (χ4n) is 3.56. The number of nitrogens with one attached hydrogen (secondary N) is 1. The number of hydrogen-bond acceptors (Lipinski definition) is 4. The number of carbonyl (C=O) groups excluding carboxylic acids is 1. The van der Waals surface area contributed by atoms with Gasteiger partial charge in [-0.25, -0.2) is 12.7 Å². The number of nitrogens with zero attached hydrogens (tertiary/aromatic N) is 2. The number of pyridine rings is 1. The quantitative estimate of drug-likeness (QED) is 0.851. The third-order valence-corrected chi connectivity index (χ3v) is 6.42. The number of rotatable bonds is 5. The highest BCUT2D eigenvalue weighted by Gasteiger charge is 2.41. The standard InChI is InChI=1S/C20H25N3O3S/c1-14-4-5-15(2)17(10-14)11-22-20(24)19-13-23(27(3,25)26)12-18(19)16-6-8-21-9-7-16/h4-10,18-19H,11-13H2,1-3H3,(H,22,24)/t18-,19+/m0/s1. The van der Waals surface area contributed by atoms with Crippen LogP contribution < -0.4 is 5.32 Å². The van der Waals surface area contributed by atoms with Crippen molar-refractivity contribution < 1.29 is 13.2 Å². The molecule has 0 bridgehead atoms. The van der Waals surface area contributed by atoms with Crippen LogP contribution in [0.15, 0.2) is 42.7 Å². The summed E-state index contributed by atoms with van der Waals surface area (Å²) in [6.07, 6.45) is 4.53. The van der Waals surface area contributed by atoms with Gasteiger partial charge in [-0.2, -0.15) is 0 Å². The molecular formula is C20H25N3O3S. The topological polar surface area (TPSA) is 79.4 Å². The monoisotopic (exact) mass is 387 g/mol. The van der Waals surface area contributed by atoms with Crippen molar-refractivity contribution in [2.24, 2.45) is 5.92 Å². The molecule has 7 heteroatoms. The van der Waals surface area contributed by atoms with Crippen LogP contribution in [-0.4, -0.2) is 43.0 Å². The number of amides is 1. The Kier molecular flexibility index (Phi) is 5.62. The Morgan fingerprint density at radius 3 is 2.56 bits per heavy atom. The van der Waals surface area contributed by atoms with Gasteiger partial charge in [0.15, 0.2) is 0 Å². The van der Waals surface area contributed by atoms with E-state index in [2.05, 4.69) is 16.4 Å². The molecule has 6 nitrogen and oxygen atoms in total. The molecule has 1 amide bonds. The second kappa shape index (κ2) is 7.78. The van der Waals surface area contributed by atoms with E-state index < -0.39 is 15.9 Å². The van der Waals surface area contributed by atoms with Gasteiger partial charge < -0.3 is 5.32 Å². The summed E-state index contributed by atoms with van der Waals surface area (Å²) in [6, 6.07) is 9.84. The maximum atomic E-state index is 12.9. The average Bonchev–Trinajstić information content (AvgIpc) is 3.09. The van der Waals surface area contributed by atoms with Gasteiger partial charge in [-0.3, -0.25) is 9.78 Å². The van der Waals surface area contributed by atoms with Crippen LogP contribution in [0.3, 0.4) is 0 Å². The molecule has 2 aromatic rings. The first-order valence-corrected chi connectivity index (χ1v) is 10.8. The molecule has 2 atom stereocenters. The van der Waals surface area contributed by atoms with Gasteiger partial charge in [-0.05, 0) is 42.7 Å². The van der Waals surface area contributed by atoms with E-state index in [1.54, 1.807) is 12.4 Å². The van der Waals surface area contributed by atoms with E-state index in [-0.39, 0.29) is 18.4 Å². The summed E-state index contributed by atoms with van der Waals surface area (Å²) in [5, 5.41) is 3.00. The van der Waals surface area contributed by atoms with Gasteiger partial charge in [-0.1, -0.05) is 23.8 Å². The summed E-state index contributed by atoms with van der Waals surface area (Å²) in [7, 11) is -3.35. The number of aryl methyl sites for hydroxylation is 2. The van der Waals surface area contributed by atoms with Gasteiger partial charge in [0.25, 0.3) is 0 Å². The molecule has 1 saturated heterocycles. The van der Waals surface area contributed by atoms with E-state index in [0.29, 0.717) is 13.1 Å². The number of carbonyl (C=O) groups is 1. The van der Waals surface area contributed by atoms with E-state index in [1.165, 1.54) is 10.6 Å². The van der Waals surface area contributed by atoms with Crippen molar-refractivity contribution >= 4 is 15.9 Å². The van der Waals surface area contributed by atoms with Gasteiger partial charge >= 0.3 is 0 Å². The Morgan fingerprint density at radius 1 is 1.19 bits per heavy atom. The molecular weight excluding hydrogens is 362 g/mol. The van der Waals surface area contributed by atoms with Crippen molar-refractivity contribution in [1.82, 2.24) is 14.6 Å². The van der Waals surface area contributed by atoms with Crippen LogP contribution in [0.5, 0.6) is 0 Å². The molecule has 144 valence electrons. The van der Waals surface area contributed by atoms with Crippen molar-refractivity contribution in [2.45, 2.75) is 26.3 Å². The maximum Gasteiger partial charge on any atom is 0.225 e. The lowest BCUT2D eigenvalue weighted by Gasteiger charge is -2.18. The first-order chi connectivity index (χ1) is 12.8. The molecule has 1 fully saturated rings. The lowest BCUT2D eigenvalue weighted by molar-refractivity contribution is -0.125. The Hall–Kier alpha value is -2.25. The minimum Gasteiger partial charge on any atom is -0.352 e. The van der Waals surface area contributed by atoms with Crippen LogP contribution >= 0.6 is 0 Å². The SMILES string of the molecule is Cc1ccc(C)c(CNC(=O)[C@@H]2CN(S(C)(=O)=O)C[C@H]2c2ccncc2)c1. The summed E-state index contributed by atoms with van der Waals surface area (Å²) in [4.78, 5) is 16.9. The second-order valence-corrected chi connectivity index (χ2v) is 9.20. The highest BCUT2D eigenvalue weighted by atomic mass is 32.2. The summed E-state index contributed by atoms with van der Waals surface area (Å²) >= 11 is 0. The number of sulfonamides is 1. The first kappa shape index (κ1) is 19.5. The minimum absolute atomic E-state index is 0.121. The molecule has 2 heterocycles. The Labute approximate surface area is 160 Å². The van der Waals surface area contributed by atoms with Crippen LogP contribution in [-0.2, 0) is 21.4 Å². The van der Waals surface area contributed by atoms with E-state index in [4.69, 9.17) is 0 Å². The van der Waals surface area contributed by atoms with Crippen LogP contribution in [0, 0.1) is 19.8 Å². The molecule has 0 unspecified atom stereocenters. The smallest absolute Gasteiger partial charge is 0.225 e. The molecule has 1 aliphatic heterocycles. The molecule has 0 saturated carbocycles.